The molecule has 0 N–H and O–H groups in total. The van der Waals surface area contributed by atoms with Crippen molar-refractivity contribution >= 4 is 22.1 Å². The van der Waals surface area contributed by atoms with Gasteiger partial charge < -0.3 is 9.53 Å². The molecule has 0 atom stereocenters. The first-order valence-corrected chi connectivity index (χ1v) is 8.69. The summed E-state index contributed by atoms with van der Waals surface area (Å²) in [7, 11) is -3.59. The van der Waals surface area contributed by atoms with Gasteiger partial charge in [-0.1, -0.05) is 24.8 Å². The Bertz CT molecular complexity index is 605. The van der Waals surface area contributed by atoms with Crippen molar-refractivity contribution in [1.82, 2.24) is 0 Å². The Morgan fingerprint density at radius 1 is 1.14 bits per heavy atom. The van der Waals surface area contributed by atoms with Crippen molar-refractivity contribution in [3.63, 3.8) is 0 Å². The second kappa shape index (κ2) is 9.15. The standard InChI is InChI=1S/C16H20O5S/c1-14(16(18)21-12-8-3-2-7-11-17)13-22(19,20)15-9-5-4-6-10-15/h4-6,9-11H,1-3,7-8,12-13H2. The van der Waals surface area contributed by atoms with Crippen LogP contribution in [0.2, 0.25) is 0 Å². The minimum atomic E-state index is -3.59. The summed E-state index contributed by atoms with van der Waals surface area (Å²) >= 11 is 0. The van der Waals surface area contributed by atoms with E-state index in [0.717, 1.165) is 19.1 Å². The number of unbranched alkanes of at least 4 members (excludes halogenated alkanes) is 3. The van der Waals surface area contributed by atoms with Gasteiger partial charge >= 0.3 is 5.97 Å². The predicted molar refractivity (Wildman–Crippen MR) is 83.1 cm³/mol. The van der Waals surface area contributed by atoms with Crippen molar-refractivity contribution in [3.8, 4) is 0 Å². The zero-order chi connectivity index (χ0) is 16.4. The molecule has 0 bridgehead atoms. The molecule has 120 valence electrons. The molecule has 1 aromatic rings. The largest absolute Gasteiger partial charge is 0.462 e. The van der Waals surface area contributed by atoms with Crippen LogP contribution in [0.4, 0.5) is 0 Å². The molecular weight excluding hydrogens is 304 g/mol. The van der Waals surface area contributed by atoms with Crippen molar-refractivity contribution in [3.05, 3.63) is 42.5 Å². The van der Waals surface area contributed by atoms with Gasteiger partial charge in [0.1, 0.15) is 6.29 Å². The van der Waals surface area contributed by atoms with E-state index in [-0.39, 0.29) is 17.1 Å². The van der Waals surface area contributed by atoms with Crippen LogP contribution in [0, 0.1) is 0 Å². The van der Waals surface area contributed by atoms with E-state index in [1.165, 1.54) is 12.1 Å². The summed E-state index contributed by atoms with van der Waals surface area (Å²) < 4.78 is 29.2. The van der Waals surface area contributed by atoms with Crippen molar-refractivity contribution < 1.29 is 22.7 Å². The van der Waals surface area contributed by atoms with E-state index in [1.807, 2.05) is 0 Å². The fourth-order valence-electron chi connectivity index (χ4n) is 1.77. The van der Waals surface area contributed by atoms with Crippen molar-refractivity contribution in [2.24, 2.45) is 0 Å². The van der Waals surface area contributed by atoms with Crippen LogP contribution in [-0.4, -0.2) is 33.0 Å². The van der Waals surface area contributed by atoms with E-state index in [1.54, 1.807) is 18.2 Å². The molecule has 5 nitrogen and oxygen atoms in total. The maximum Gasteiger partial charge on any atom is 0.334 e. The zero-order valence-electron chi connectivity index (χ0n) is 12.4. The fourth-order valence-corrected chi connectivity index (χ4v) is 3.09. The highest BCUT2D eigenvalue weighted by Gasteiger charge is 2.20. The number of ether oxygens (including phenoxy) is 1. The average molecular weight is 324 g/mol. The van der Waals surface area contributed by atoms with Gasteiger partial charge in [-0.3, -0.25) is 0 Å². The smallest absolute Gasteiger partial charge is 0.334 e. The molecule has 0 heterocycles. The number of rotatable bonds is 10. The Kier molecular flexibility index (Phi) is 7.52. The molecule has 6 heteroatoms. The van der Waals surface area contributed by atoms with Gasteiger partial charge in [-0.25, -0.2) is 13.2 Å². The lowest BCUT2D eigenvalue weighted by atomic mass is 10.2. The van der Waals surface area contributed by atoms with E-state index in [9.17, 15) is 18.0 Å². The topological polar surface area (TPSA) is 77.5 Å². The number of esters is 1. The Balaban J connectivity index is 2.41. The highest BCUT2D eigenvalue weighted by molar-refractivity contribution is 7.91. The van der Waals surface area contributed by atoms with Crippen molar-refractivity contribution in [1.29, 1.82) is 0 Å². The molecular formula is C16H20O5S. The summed E-state index contributed by atoms with van der Waals surface area (Å²) in [5.74, 6) is -1.16. The molecule has 0 spiro atoms. The van der Waals surface area contributed by atoms with Crippen molar-refractivity contribution in [2.45, 2.75) is 30.6 Å². The van der Waals surface area contributed by atoms with Crippen LogP contribution in [0.5, 0.6) is 0 Å². The summed E-state index contributed by atoms with van der Waals surface area (Å²) in [5, 5.41) is 0. The highest BCUT2D eigenvalue weighted by Crippen LogP contribution is 2.13. The first-order chi connectivity index (χ1) is 10.5. The number of benzene rings is 1. The van der Waals surface area contributed by atoms with Crippen molar-refractivity contribution in [2.75, 3.05) is 12.4 Å². The molecule has 0 aromatic heterocycles. The first kappa shape index (κ1) is 18.1. The van der Waals surface area contributed by atoms with E-state index in [2.05, 4.69) is 6.58 Å². The number of aldehydes is 1. The molecule has 0 radical (unpaired) electrons. The minimum Gasteiger partial charge on any atom is -0.462 e. The normalized spacial score (nSPS) is 10.9. The first-order valence-electron chi connectivity index (χ1n) is 7.03. The van der Waals surface area contributed by atoms with Gasteiger partial charge in [-0.15, -0.1) is 0 Å². The lowest BCUT2D eigenvalue weighted by molar-refractivity contribution is -0.139. The SMILES string of the molecule is C=C(CS(=O)(=O)c1ccccc1)C(=O)OCCCCCC=O. The van der Waals surface area contributed by atoms with Crippen LogP contribution in [-0.2, 0) is 24.2 Å². The van der Waals surface area contributed by atoms with Gasteiger partial charge in [-0.05, 0) is 31.4 Å². The maximum atomic E-state index is 12.1. The number of carbonyl (C=O) groups excluding carboxylic acids is 2. The molecule has 0 aliphatic carbocycles. The molecule has 0 unspecified atom stereocenters. The molecule has 0 aliphatic rings. The van der Waals surface area contributed by atoms with Gasteiger partial charge in [0.25, 0.3) is 0 Å². The lowest BCUT2D eigenvalue weighted by Crippen LogP contribution is -2.17. The summed E-state index contributed by atoms with van der Waals surface area (Å²) in [6, 6.07) is 7.90. The summed E-state index contributed by atoms with van der Waals surface area (Å²) in [6.45, 7) is 3.69. The Labute approximate surface area is 130 Å². The van der Waals surface area contributed by atoms with Gasteiger partial charge in [0.15, 0.2) is 9.84 Å². The molecule has 0 saturated heterocycles. The molecule has 1 aromatic carbocycles. The zero-order valence-corrected chi connectivity index (χ0v) is 13.2. The van der Waals surface area contributed by atoms with Crippen LogP contribution in [0.15, 0.2) is 47.4 Å². The Morgan fingerprint density at radius 2 is 1.82 bits per heavy atom. The number of carbonyl (C=O) groups is 2. The molecule has 0 aliphatic heterocycles. The number of sulfone groups is 1. The summed E-state index contributed by atoms with van der Waals surface area (Å²) in [5.41, 5.74) is -0.0863. The quantitative estimate of drug-likeness (QED) is 0.286. The summed E-state index contributed by atoms with van der Waals surface area (Å²) in [4.78, 5) is 22.0. The van der Waals surface area contributed by atoms with E-state index in [4.69, 9.17) is 4.74 Å². The molecule has 0 saturated carbocycles. The number of hydrogen-bond donors (Lipinski definition) is 0. The van der Waals surface area contributed by atoms with E-state index < -0.39 is 21.6 Å². The van der Waals surface area contributed by atoms with Gasteiger partial charge in [0.05, 0.1) is 17.3 Å². The van der Waals surface area contributed by atoms with Gasteiger partial charge in [0, 0.05) is 12.0 Å². The third-order valence-corrected chi connectivity index (χ3v) is 4.67. The van der Waals surface area contributed by atoms with Crippen LogP contribution in [0.1, 0.15) is 25.7 Å². The third-order valence-electron chi connectivity index (χ3n) is 2.95. The second-order valence-electron chi connectivity index (χ2n) is 4.83. The fraction of sp³-hybridized carbons (Fsp3) is 0.375. The van der Waals surface area contributed by atoms with Gasteiger partial charge in [-0.2, -0.15) is 0 Å². The molecule has 0 fully saturated rings. The van der Waals surface area contributed by atoms with Crippen LogP contribution in [0.3, 0.4) is 0 Å². The molecule has 0 amide bonds. The van der Waals surface area contributed by atoms with E-state index in [0.29, 0.717) is 12.8 Å². The second-order valence-corrected chi connectivity index (χ2v) is 6.82. The monoisotopic (exact) mass is 324 g/mol. The van der Waals surface area contributed by atoms with E-state index >= 15 is 0 Å². The van der Waals surface area contributed by atoms with Crippen LogP contribution >= 0.6 is 0 Å². The maximum absolute atomic E-state index is 12.1. The Morgan fingerprint density at radius 3 is 2.45 bits per heavy atom. The molecule has 1 rings (SSSR count). The molecule has 22 heavy (non-hydrogen) atoms. The number of hydrogen-bond acceptors (Lipinski definition) is 5. The summed E-state index contributed by atoms with van der Waals surface area (Å²) in [6.07, 6.45) is 3.52. The minimum absolute atomic E-state index is 0.0863. The van der Waals surface area contributed by atoms with Crippen LogP contribution < -0.4 is 0 Å². The predicted octanol–water partition coefficient (Wildman–Crippen LogP) is 2.32. The highest BCUT2D eigenvalue weighted by atomic mass is 32.2. The Hall–Kier alpha value is -1.95. The van der Waals surface area contributed by atoms with Crippen LogP contribution in [0.25, 0.3) is 0 Å². The lowest BCUT2D eigenvalue weighted by Gasteiger charge is -2.08. The van der Waals surface area contributed by atoms with Gasteiger partial charge in [0.2, 0.25) is 0 Å². The third kappa shape index (κ3) is 6.22. The average Bonchev–Trinajstić information content (AvgIpc) is 2.51.